The molecule has 16 heavy (non-hydrogen) atoms. The van der Waals surface area contributed by atoms with E-state index in [1.165, 1.54) is 25.7 Å². The van der Waals surface area contributed by atoms with Gasteiger partial charge in [-0.2, -0.15) is 0 Å². The lowest BCUT2D eigenvalue weighted by molar-refractivity contribution is -0.0901. The van der Waals surface area contributed by atoms with Gasteiger partial charge in [0.25, 0.3) is 0 Å². The molecule has 96 valence electrons. The van der Waals surface area contributed by atoms with Gasteiger partial charge in [0.1, 0.15) is 0 Å². The van der Waals surface area contributed by atoms with E-state index in [0.717, 1.165) is 32.3 Å². The van der Waals surface area contributed by atoms with E-state index in [2.05, 4.69) is 12.2 Å². The van der Waals surface area contributed by atoms with Crippen LogP contribution in [0.2, 0.25) is 0 Å². The van der Waals surface area contributed by atoms with Crippen molar-refractivity contribution in [3.8, 4) is 0 Å². The van der Waals surface area contributed by atoms with Crippen LogP contribution in [-0.4, -0.2) is 39.0 Å². The molecule has 0 bridgehead atoms. The minimum absolute atomic E-state index is 0.0678. The fraction of sp³-hybridized carbons (Fsp3) is 1.00. The van der Waals surface area contributed by atoms with Gasteiger partial charge in [0.2, 0.25) is 0 Å². The summed E-state index contributed by atoms with van der Waals surface area (Å²) in [5.74, 6) is 0.862. The van der Waals surface area contributed by atoms with Crippen molar-refractivity contribution in [2.45, 2.75) is 45.1 Å². The van der Waals surface area contributed by atoms with Gasteiger partial charge in [0.15, 0.2) is 0 Å². The van der Waals surface area contributed by atoms with E-state index < -0.39 is 0 Å². The predicted molar refractivity (Wildman–Crippen MR) is 66.7 cm³/mol. The van der Waals surface area contributed by atoms with Gasteiger partial charge in [-0.3, -0.25) is 0 Å². The summed E-state index contributed by atoms with van der Waals surface area (Å²) >= 11 is 0. The number of ether oxygens (including phenoxy) is 2. The van der Waals surface area contributed by atoms with E-state index >= 15 is 0 Å². The Balaban J connectivity index is 2.33. The number of hydrogen-bond donors (Lipinski definition) is 1. The minimum atomic E-state index is 0.0678. The molecule has 1 aliphatic carbocycles. The van der Waals surface area contributed by atoms with Crippen LogP contribution in [0.3, 0.4) is 0 Å². The highest BCUT2D eigenvalue weighted by Crippen LogP contribution is 2.34. The molecule has 0 aromatic heterocycles. The SMILES string of the molecule is CCOCCOC1(CNC)CCC(C)CC1. The van der Waals surface area contributed by atoms with Gasteiger partial charge in [0, 0.05) is 13.2 Å². The second kappa shape index (κ2) is 7.25. The molecule has 0 unspecified atom stereocenters. The Bertz CT molecular complexity index is 177. The molecule has 0 atom stereocenters. The molecular weight excluding hydrogens is 202 g/mol. The molecule has 1 aliphatic rings. The molecule has 0 heterocycles. The van der Waals surface area contributed by atoms with Crippen LogP contribution in [0.1, 0.15) is 39.5 Å². The van der Waals surface area contributed by atoms with Crippen molar-refractivity contribution in [3.63, 3.8) is 0 Å². The van der Waals surface area contributed by atoms with Gasteiger partial charge in [-0.15, -0.1) is 0 Å². The lowest BCUT2D eigenvalue weighted by atomic mass is 9.79. The monoisotopic (exact) mass is 229 g/mol. The van der Waals surface area contributed by atoms with Crippen molar-refractivity contribution in [3.05, 3.63) is 0 Å². The lowest BCUT2D eigenvalue weighted by Gasteiger charge is -2.39. The molecule has 0 aliphatic heterocycles. The fourth-order valence-electron chi connectivity index (χ4n) is 2.44. The van der Waals surface area contributed by atoms with Gasteiger partial charge in [0.05, 0.1) is 18.8 Å². The fourth-order valence-corrected chi connectivity index (χ4v) is 2.44. The summed E-state index contributed by atoms with van der Waals surface area (Å²) in [6, 6.07) is 0. The van der Waals surface area contributed by atoms with Gasteiger partial charge < -0.3 is 14.8 Å². The number of nitrogens with one attached hydrogen (secondary N) is 1. The summed E-state index contributed by atoms with van der Waals surface area (Å²) in [7, 11) is 2.01. The van der Waals surface area contributed by atoms with Gasteiger partial charge in [-0.1, -0.05) is 6.92 Å². The first kappa shape index (κ1) is 13.9. The van der Waals surface area contributed by atoms with E-state index in [9.17, 15) is 0 Å². The van der Waals surface area contributed by atoms with Crippen molar-refractivity contribution in [1.29, 1.82) is 0 Å². The highest BCUT2D eigenvalue weighted by Gasteiger charge is 2.34. The van der Waals surface area contributed by atoms with Crippen molar-refractivity contribution in [1.82, 2.24) is 5.32 Å². The number of hydrogen-bond acceptors (Lipinski definition) is 3. The van der Waals surface area contributed by atoms with E-state index in [1.54, 1.807) is 0 Å². The van der Waals surface area contributed by atoms with Crippen molar-refractivity contribution in [2.24, 2.45) is 5.92 Å². The average Bonchev–Trinajstić information content (AvgIpc) is 2.29. The molecular formula is C13H27NO2. The molecule has 1 fully saturated rings. The molecule has 0 aromatic rings. The van der Waals surface area contributed by atoms with Crippen LogP contribution in [0.25, 0.3) is 0 Å². The van der Waals surface area contributed by atoms with E-state index in [4.69, 9.17) is 9.47 Å². The van der Waals surface area contributed by atoms with Crippen LogP contribution in [0.15, 0.2) is 0 Å². The summed E-state index contributed by atoms with van der Waals surface area (Å²) in [6.45, 7) is 7.54. The summed E-state index contributed by atoms with van der Waals surface area (Å²) in [4.78, 5) is 0. The largest absolute Gasteiger partial charge is 0.379 e. The van der Waals surface area contributed by atoms with Crippen LogP contribution in [-0.2, 0) is 9.47 Å². The third-order valence-electron chi connectivity index (χ3n) is 3.52. The van der Waals surface area contributed by atoms with Crippen molar-refractivity contribution in [2.75, 3.05) is 33.4 Å². The first-order chi connectivity index (χ1) is 7.72. The zero-order valence-electron chi connectivity index (χ0n) is 11.1. The first-order valence-electron chi connectivity index (χ1n) is 6.59. The smallest absolute Gasteiger partial charge is 0.0807 e. The van der Waals surface area contributed by atoms with Crippen molar-refractivity contribution >= 4 is 0 Å². The molecule has 1 saturated carbocycles. The molecule has 0 radical (unpaired) electrons. The van der Waals surface area contributed by atoms with Gasteiger partial charge in [-0.25, -0.2) is 0 Å². The van der Waals surface area contributed by atoms with Gasteiger partial charge in [-0.05, 0) is 45.6 Å². The quantitative estimate of drug-likeness (QED) is 0.679. The molecule has 0 aromatic carbocycles. The van der Waals surface area contributed by atoms with Crippen LogP contribution >= 0.6 is 0 Å². The molecule has 3 heteroatoms. The van der Waals surface area contributed by atoms with Crippen LogP contribution in [0.4, 0.5) is 0 Å². The minimum Gasteiger partial charge on any atom is -0.379 e. The summed E-state index contributed by atoms with van der Waals surface area (Å²) in [6.07, 6.45) is 4.94. The third-order valence-corrected chi connectivity index (χ3v) is 3.52. The van der Waals surface area contributed by atoms with E-state index in [-0.39, 0.29) is 5.60 Å². The molecule has 0 amide bonds. The Kier molecular flexibility index (Phi) is 6.32. The third kappa shape index (κ3) is 4.40. The van der Waals surface area contributed by atoms with Crippen LogP contribution in [0.5, 0.6) is 0 Å². The zero-order valence-corrected chi connectivity index (χ0v) is 11.1. The second-order valence-corrected chi connectivity index (χ2v) is 4.94. The topological polar surface area (TPSA) is 30.5 Å². The molecule has 1 rings (SSSR count). The molecule has 3 nitrogen and oxygen atoms in total. The highest BCUT2D eigenvalue weighted by molar-refractivity contribution is 4.88. The predicted octanol–water partition coefficient (Wildman–Crippen LogP) is 2.21. The molecule has 0 saturated heterocycles. The first-order valence-corrected chi connectivity index (χ1v) is 6.59. The van der Waals surface area contributed by atoms with E-state index in [0.29, 0.717) is 0 Å². The normalized spacial score (nSPS) is 30.6. The number of rotatable bonds is 7. The average molecular weight is 229 g/mol. The van der Waals surface area contributed by atoms with Crippen LogP contribution < -0.4 is 5.32 Å². The standard InChI is InChI=1S/C13H27NO2/c1-4-15-9-10-16-13(11-14-3)7-5-12(2)6-8-13/h12,14H,4-11H2,1-3H3. The van der Waals surface area contributed by atoms with Gasteiger partial charge >= 0.3 is 0 Å². The second-order valence-electron chi connectivity index (χ2n) is 4.94. The Hall–Kier alpha value is -0.120. The maximum absolute atomic E-state index is 6.07. The highest BCUT2D eigenvalue weighted by atomic mass is 16.5. The summed E-state index contributed by atoms with van der Waals surface area (Å²) in [5.41, 5.74) is 0.0678. The Labute approximate surface area is 99.9 Å². The maximum atomic E-state index is 6.07. The zero-order chi connectivity index (χ0) is 11.9. The van der Waals surface area contributed by atoms with Crippen LogP contribution in [0, 0.1) is 5.92 Å². The maximum Gasteiger partial charge on any atom is 0.0807 e. The Morgan fingerprint density at radius 1 is 1.25 bits per heavy atom. The molecule has 0 spiro atoms. The Morgan fingerprint density at radius 2 is 1.94 bits per heavy atom. The molecule has 1 N–H and O–H groups in total. The summed E-state index contributed by atoms with van der Waals surface area (Å²) in [5, 5.41) is 3.27. The Morgan fingerprint density at radius 3 is 2.50 bits per heavy atom. The van der Waals surface area contributed by atoms with E-state index in [1.807, 2.05) is 14.0 Å². The lowest BCUT2D eigenvalue weighted by Crippen LogP contribution is -2.45. The van der Waals surface area contributed by atoms with Crippen molar-refractivity contribution < 1.29 is 9.47 Å². The summed E-state index contributed by atoms with van der Waals surface area (Å²) < 4.78 is 11.4. The number of likely N-dealkylation sites (N-methyl/N-ethyl adjacent to an activating group) is 1.